The van der Waals surface area contributed by atoms with Crippen LogP contribution >= 0.6 is 27.5 Å². The van der Waals surface area contributed by atoms with Gasteiger partial charge in [0.25, 0.3) is 11.8 Å². The van der Waals surface area contributed by atoms with Crippen molar-refractivity contribution in [3.8, 4) is 5.88 Å². The third-order valence-electron chi connectivity index (χ3n) is 3.86. The largest absolute Gasteiger partial charge is 0.414 e. The van der Waals surface area contributed by atoms with E-state index in [4.69, 9.17) is 16.3 Å². The van der Waals surface area contributed by atoms with Crippen molar-refractivity contribution in [2.24, 2.45) is 0 Å². The van der Waals surface area contributed by atoms with E-state index in [2.05, 4.69) is 36.8 Å². The first-order valence-electron chi connectivity index (χ1n) is 8.28. The van der Waals surface area contributed by atoms with E-state index in [0.29, 0.717) is 15.1 Å². The molecule has 0 unspecified atom stereocenters. The number of halogens is 2. The van der Waals surface area contributed by atoms with Crippen molar-refractivity contribution < 1.29 is 14.3 Å². The molecule has 0 aliphatic rings. The molecule has 0 spiro atoms. The van der Waals surface area contributed by atoms with Gasteiger partial charge in [-0.25, -0.2) is 4.79 Å². The predicted molar refractivity (Wildman–Crippen MR) is 110 cm³/mol. The number of nitrogens with one attached hydrogen (secondary N) is 3. The summed E-state index contributed by atoms with van der Waals surface area (Å²) in [5.41, 5.74) is 1.25. The van der Waals surface area contributed by atoms with Crippen molar-refractivity contribution >= 4 is 45.3 Å². The van der Waals surface area contributed by atoms with Gasteiger partial charge in [-0.2, -0.15) is 0 Å². The zero-order valence-electron chi connectivity index (χ0n) is 14.7. The van der Waals surface area contributed by atoms with Gasteiger partial charge in [-0.1, -0.05) is 54.1 Å². The molecule has 1 heterocycles. The van der Waals surface area contributed by atoms with E-state index in [1.54, 1.807) is 24.3 Å². The number of benzene rings is 2. The van der Waals surface area contributed by atoms with E-state index < -0.39 is 12.0 Å². The monoisotopic (exact) mass is 462 g/mol. The summed E-state index contributed by atoms with van der Waals surface area (Å²) in [7, 11) is 0. The lowest BCUT2D eigenvalue weighted by Crippen LogP contribution is -2.29. The van der Waals surface area contributed by atoms with Crippen LogP contribution in [0.25, 0.3) is 0 Å². The van der Waals surface area contributed by atoms with Crippen LogP contribution in [-0.2, 0) is 0 Å². The number of H-pyrrole nitrogens is 1. The second-order valence-corrected chi connectivity index (χ2v) is 7.02. The lowest BCUT2D eigenvalue weighted by Gasteiger charge is -2.13. The summed E-state index contributed by atoms with van der Waals surface area (Å²) in [6, 6.07) is 15.9. The first-order chi connectivity index (χ1) is 13.5. The molecule has 28 heavy (non-hydrogen) atoms. The number of hydrogen-bond donors (Lipinski definition) is 3. The van der Waals surface area contributed by atoms with Crippen molar-refractivity contribution in [2.75, 3.05) is 5.32 Å². The van der Waals surface area contributed by atoms with Crippen molar-refractivity contribution in [3.05, 3.63) is 75.2 Å². The minimum Gasteiger partial charge on any atom is -0.388 e. The first kappa shape index (κ1) is 19.9. The molecule has 0 aliphatic heterocycles. The molecule has 3 rings (SSSR count). The van der Waals surface area contributed by atoms with Gasteiger partial charge in [-0.3, -0.25) is 9.89 Å². The van der Waals surface area contributed by atoms with Gasteiger partial charge in [0.1, 0.15) is 10.3 Å². The Labute approximate surface area is 174 Å². The number of aromatic amines is 1. The number of hydrogen-bond acceptors (Lipinski definition) is 4. The molecular weight excluding hydrogens is 448 g/mol. The summed E-state index contributed by atoms with van der Waals surface area (Å²) in [5, 5.41) is 12.2. The Balaban J connectivity index is 1.63. The van der Waals surface area contributed by atoms with E-state index in [-0.39, 0.29) is 17.7 Å². The number of aromatic nitrogens is 2. The van der Waals surface area contributed by atoms with Crippen molar-refractivity contribution in [1.29, 1.82) is 0 Å². The molecule has 3 aromatic rings. The molecule has 0 saturated carbocycles. The molecule has 7 nitrogen and oxygen atoms in total. The highest BCUT2D eigenvalue weighted by Gasteiger charge is 2.19. The van der Waals surface area contributed by atoms with E-state index in [9.17, 15) is 9.59 Å². The van der Waals surface area contributed by atoms with Crippen LogP contribution in [-0.4, -0.2) is 22.2 Å². The van der Waals surface area contributed by atoms with Crippen LogP contribution in [0.15, 0.2) is 59.1 Å². The van der Waals surface area contributed by atoms with Gasteiger partial charge >= 0.3 is 6.09 Å². The average molecular weight is 464 g/mol. The maximum atomic E-state index is 12.3. The highest BCUT2D eigenvalue weighted by atomic mass is 79.9. The van der Waals surface area contributed by atoms with E-state index in [1.165, 1.54) is 0 Å². The number of anilines is 1. The second-order valence-electron chi connectivity index (χ2n) is 5.82. The Bertz CT molecular complexity index is 994. The molecule has 0 aliphatic carbocycles. The van der Waals surface area contributed by atoms with Crippen LogP contribution in [0.5, 0.6) is 5.88 Å². The summed E-state index contributed by atoms with van der Waals surface area (Å²) in [6.45, 7) is 1.84. The van der Waals surface area contributed by atoms with Gasteiger partial charge in [0.05, 0.1) is 16.6 Å². The lowest BCUT2D eigenvalue weighted by atomic mass is 10.1. The molecule has 1 atom stereocenters. The molecule has 2 aromatic carbocycles. The van der Waals surface area contributed by atoms with Gasteiger partial charge < -0.3 is 15.4 Å². The van der Waals surface area contributed by atoms with Crippen LogP contribution in [0.2, 0.25) is 5.02 Å². The predicted octanol–water partition coefficient (Wildman–Crippen LogP) is 4.93. The van der Waals surface area contributed by atoms with Crippen LogP contribution in [0.1, 0.15) is 28.9 Å². The molecule has 3 N–H and O–H groups in total. The van der Waals surface area contributed by atoms with Gasteiger partial charge in [-0.15, -0.1) is 5.10 Å². The zero-order chi connectivity index (χ0) is 20.1. The van der Waals surface area contributed by atoms with E-state index >= 15 is 0 Å². The molecule has 0 fully saturated rings. The summed E-state index contributed by atoms with van der Waals surface area (Å²) >= 11 is 9.29. The number of carbonyl (C=O) groups excluding carboxylic acids is 2. The maximum absolute atomic E-state index is 12.3. The smallest absolute Gasteiger partial charge is 0.388 e. The maximum Gasteiger partial charge on any atom is 0.414 e. The normalized spacial score (nSPS) is 11.5. The highest BCUT2D eigenvalue weighted by molar-refractivity contribution is 9.10. The molecule has 1 aromatic heterocycles. The lowest BCUT2D eigenvalue weighted by molar-refractivity contribution is 0.102. The standard InChI is InChI=1S/C19H16BrClN4O3/c1-11(12-7-3-2-4-8-12)22-19(27)28-18-15(20)16(24-25-18)23-17(26)13-9-5-6-10-14(13)21/h2-11H,1H3,(H,22,27)(H2,23,24,25,26)/t11-/m0/s1. The third kappa shape index (κ3) is 4.71. The molecule has 9 heteroatoms. The Kier molecular flexibility index (Phi) is 6.33. The molecule has 0 radical (unpaired) electrons. The number of nitrogens with zero attached hydrogens (tertiary/aromatic N) is 1. The number of rotatable bonds is 5. The fourth-order valence-electron chi connectivity index (χ4n) is 2.41. The Morgan fingerprint density at radius 2 is 1.82 bits per heavy atom. The van der Waals surface area contributed by atoms with Crippen LogP contribution in [0, 0.1) is 0 Å². The summed E-state index contributed by atoms with van der Waals surface area (Å²) in [5.74, 6) is -0.195. The zero-order valence-corrected chi connectivity index (χ0v) is 17.0. The fraction of sp³-hybridized carbons (Fsp3) is 0.105. The molecular formula is C19H16BrClN4O3. The van der Waals surface area contributed by atoms with E-state index in [1.807, 2.05) is 37.3 Å². The van der Waals surface area contributed by atoms with Crippen LogP contribution < -0.4 is 15.4 Å². The van der Waals surface area contributed by atoms with Crippen molar-refractivity contribution in [3.63, 3.8) is 0 Å². The highest BCUT2D eigenvalue weighted by Crippen LogP contribution is 2.30. The van der Waals surface area contributed by atoms with Crippen LogP contribution in [0.4, 0.5) is 10.6 Å². The minimum absolute atomic E-state index is 0.00720. The average Bonchev–Trinajstić information content (AvgIpc) is 3.02. The Morgan fingerprint density at radius 1 is 1.14 bits per heavy atom. The quantitative estimate of drug-likeness (QED) is 0.500. The summed E-state index contributed by atoms with van der Waals surface area (Å²) in [4.78, 5) is 24.5. The Hall–Kier alpha value is -2.84. The number of carbonyl (C=O) groups is 2. The molecule has 0 saturated heterocycles. The molecule has 144 valence electrons. The number of amides is 2. The third-order valence-corrected chi connectivity index (χ3v) is 4.92. The second kappa shape index (κ2) is 8.90. The van der Waals surface area contributed by atoms with Crippen molar-refractivity contribution in [2.45, 2.75) is 13.0 Å². The van der Waals surface area contributed by atoms with Gasteiger partial charge in [0, 0.05) is 0 Å². The van der Waals surface area contributed by atoms with Crippen molar-refractivity contribution in [1.82, 2.24) is 15.5 Å². The fourth-order valence-corrected chi connectivity index (χ4v) is 2.99. The summed E-state index contributed by atoms with van der Waals surface area (Å²) in [6.07, 6.45) is -0.674. The molecule has 0 bridgehead atoms. The van der Waals surface area contributed by atoms with Gasteiger partial charge in [0.15, 0.2) is 0 Å². The summed E-state index contributed by atoms with van der Waals surface area (Å²) < 4.78 is 5.51. The number of ether oxygens (including phenoxy) is 1. The molecule has 2 amide bonds. The Morgan fingerprint density at radius 3 is 2.54 bits per heavy atom. The van der Waals surface area contributed by atoms with E-state index in [0.717, 1.165) is 5.56 Å². The topological polar surface area (TPSA) is 96.1 Å². The first-order valence-corrected chi connectivity index (χ1v) is 9.46. The van der Waals surface area contributed by atoms with Crippen LogP contribution in [0.3, 0.4) is 0 Å². The van der Waals surface area contributed by atoms with Gasteiger partial charge in [0.2, 0.25) is 0 Å². The minimum atomic E-state index is -0.674. The van der Waals surface area contributed by atoms with Gasteiger partial charge in [-0.05, 0) is 40.5 Å². The SMILES string of the molecule is C[C@H](NC(=O)Oc1n[nH]c(NC(=O)c2ccccc2Cl)c1Br)c1ccccc1.